The van der Waals surface area contributed by atoms with Crippen LogP contribution < -0.4 is 26.0 Å². The maximum atomic E-state index is 13.7. The average Bonchev–Trinajstić information content (AvgIpc) is 3.76. The number of carbonyl (C=O) groups excluding carboxylic acids is 4. The molecule has 2 aliphatic heterocycles. The Morgan fingerprint density at radius 3 is 2.49 bits per heavy atom. The number of aromatic amines is 1. The molecule has 0 aliphatic carbocycles. The molecule has 5 aromatic rings. The van der Waals surface area contributed by atoms with Crippen molar-refractivity contribution in [1.82, 2.24) is 46.0 Å². The molecule has 51 heavy (non-hydrogen) atoms. The fourth-order valence-electron chi connectivity index (χ4n) is 5.69. The Bertz CT molecular complexity index is 1960. The van der Waals surface area contributed by atoms with Gasteiger partial charge in [0.2, 0.25) is 23.6 Å². The van der Waals surface area contributed by atoms with Gasteiger partial charge in [-0.2, -0.15) is 5.10 Å². The minimum absolute atomic E-state index is 0.0556. The van der Waals surface area contributed by atoms with E-state index in [-0.39, 0.29) is 44.4 Å². The summed E-state index contributed by atoms with van der Waals surface area (Å²) in [4.78, 5) is 65.5. The lowest BCUT2D eigenvalue weighted by molar-refractivity contribution is -0.133. The van der Waals surface area contributed by atoms with Gasteiger partial charge in [-0.1, -0.05) is 54.6 Å². The van der Waals surface area contributed by atoms with Gasteiger partial charge in [-0.25, -0.2) is 14.6 Å². The molecule has 0 fully saturated rings. The van der Waals surface area contributed by atoms with Crippen LogP contribution in [0.2, 0.25) is 0 Å². The van der Waals surface area contributed by atoms with Gasteiger partial charge in [0.05, 0.1) is 30.2 Å². The molecule has 2 aromatic heterocycles. The first-order chi connectivity index (χ1) is 24.7. The number of hydrogen-bond donors (Lipinski definition) is 6. The van der Waals surface area contributed by atoms with Gasteiger partial charge in [-0.3, -0.25) is 19.2 Å². The summed E-state index contributed by atoms with van der Waals surface area (Å²) in [6, 6.07) is 20.5. The van der Waals surface area contributed by atoms with Crippen LogP contribution in [0.1, 0.15) is 36.6 Å². The zero-order valence-corrected chi connectivity index (χ0v) is 28.0. The highest BCUT2D eigenvalue weighted by Gasteiger charge is 2.29. The highest BCUT2D eigenvalue weighted by Crippen LogP contribution is 2.20. The van der Waals surface area contributed by atoms with Crippen LogP contribution in [0.15, 0.2) is 78.9 Å². The molecule has 2 aliphatic rings. The first kappa shape index (κ1) is 34.8. The third-order valence-corrected chi connectivity index (χ3v) is 8.32. The van der Waals surface area contributed by atoms with E-state index >= 15 is 0 Å². The number of ether oxygens (including phenoxy) is 1. The average molecular weight is 694 g/mol. The minimum atomic E-state index is -1.36. The van der Waals surface area contributed by atoms with Gasteiger partial charge in [0, 0.05) is 24.8 Å². The van der Waals surface area contributed by atoms with Crippen LogP contribution in [0, 0.1) is 0 Å². The van der Waals surface area contributed by atoms with E-state index in [0.717, 1.165) is 16.6 Å². The van der Waals surface area contributed by atoms with Gasteiger partial charge < -0.3 is 36.1 Å². The molecular weight excluding hydrogens is 654 g/mol. The number of hydrogen-bond acceptors (Lipinski definition) is 9. The van der Waals surface area contributed by atoms with E-state index < -0.39 is 36.5 Å². The van der Waals surface area contributed by atoms with Gasteiger partial charge >= 0.3 is 0 Å². The summed E-state index contributed by atoms with van der Waals surface area (Å²) in [5, 5.41) is 25.7. The third-order valence-electron chi connectivity index (χ3n) is 8.32. The van der Waals surface area contributed by atoms with Crippen LogP contribution in [0.25, 0.3) is 22.4 Å². The zero-order valence-electron chi connectivity index (χ0n) is 28.0. The molecule has 0 saturated heterocycles. The molecular formula is C36H39N9O6. The van der Waals surface area contributed by atoms with Crippen molar-refractivity contribution in [3.8, 4) is 17.1 Å². The molecule has 3 atom stereocenters. The Hall–Kier alpha value is -6.09. The summed E-state index contributed by atoms with van der Waals surface area (Å²) in [6.45, 7) is 1.19. The SMILES string of the molecule is C[C@@H]1NC(=O)[C@H](CO)NC(=O)[C@@H](NC(=O)CCc2nc3ccccc3[nH]2)Cc2ccc(cc2)OCCNC(=O)Cn2nc(-c3ccccc3)nc21. The molecule has 4 amide bonds. The number of H-pyrrole nitrogens is 1. The van der Waals surface area contributed by atoms with Crippen LogP contribution >= 0.6 is 0 Å². The molecule has 3 aromatic carbocycles. The van der Waals surface area contributed by atoms with E-state index in [4.69, 9.17) is 4.74 Å². The number of carbonyl (C=O) groups is 4. The smallest absolute Gasteiger partial charge is 0.245 e. The van der Waals surface area contributed by atoms with Crippen molar-refractivity contribution < 1.29 is 29.0 Å². The molecule has 0 spiro atoms. The topological polar surface area (TPSA) is 205 Å². The van der Waals surface area contributed by atoms with Gasteiger partial charge in [0.1, 0.15) is 42.6 Å². The second-order valence-electron chi connectivity index (χ2n) is 12.2. The second kappa shape index (κ2) is 16.1. The second-order valence-corrected chi connectivity index (χ2v) is 12.2. The molecule has 7 rings (SSSR count). The normalized spacial score (nSPS) is 18.9. The standard InChI is InChI=1S/C36H39N9O6/c1-22-34-43-33(24-7-3-2-4-8-24)44-45(34)20-32(48)37-17-18-51-25-13-11-23(12-14-25)19-28(35(49)42-29(21-46)36(50)38-22)41-31(47)16-15-30-39-26-9-5-6-10-27(26)40-30/h2-14,22,28-29,46H,15-21H2,1H3,(H,37,48)(H,38,50)(H,39,40)(H,41,47)(H,42,49)/t22-,28-,29-/m0/s1. The van der Waals surface area contributed by atoms with E-state index in [1.165, 1.54) is 4.68 Å². The Morgan fingerprint density at radius 2 is 1.73 bits per heavy atom. The maximum absolute atomic E-state index is 13.7. The first-order valence-corrected chi connectivity index (χ1v) is 16.7. The summed E-state index contributed by atoms with van der Waals surface area (Å²) < 4.78 is 7.21. The molecule has 0 unspecified atom stereocenters. The summed E-state index contributed by atoms with van der Waals surface area (Å²) in [6.07, 6.45) is 0.470. The number of aromatic nitrogens is 5. The number of amides is 4. The number of aliphatic hydroxyl groups excluding tert-OH is 1. The minimum Gasteiger partial charge on any atom is -0.492 e. The molecule has 0 radical (unpaired) electrons. The number of nitrogens with one attached hydrogen (secondary N) is 5. The fraction of sp³-hybridized carbons (Fsp3) is 0.306. The monoisotopic (exact) mass is 693 g/mol. The van der Waals surface area contributed by atoms with Gasteiger partial charge in [0.15, 0.2) is 5.82 Å². The number of nitrogens with zero attached hydrogens (tertiary/aromatic N) is 4. The summed E-state index contributed by atoms with van der Waals surface area (Å²) in [7, 11) is 0. The van der Waals surface area contributed by atoms with Gasteiger partial charge in [-0.15, -0.1) is 0 Å². The Kier molecular flexibility index (Phi) is 11.0. The van der Waals surface area contributed by atoms with Gasteiger partial charge in [-0.05, 0) is 36.8 Å². The van der Waals surface area contributed by atoms with E-state index in [1.54, 1.807) is 31.2 Å². The Labute approximate surface area is 293 Å². The highest BCUT2D eigenvalue weighted by molar-refractivity contribution is 5.92. The van der Waals surface area contributed by atoms with Crippen molar-refractivity contribution in [1.29, 1.82) is 0 Å². The molecule has 2 bridgehead atoms. The van der Waals surface area contributed by atoms with E-state index in [1.807, 2.05) is 54.6 Å². The molecule has 264 valence electrons. The van der Waals surface area contributed by atoms with E-state index in [2.05, 4.69) is 41.3 Å². The third kappa shape index (κ3) is 8.93. The van der Waals surface area contributed by atoms with Crippen molar-refractivity contribution in [2.45, 2.75) is 50.9 Å². The van der Waals surface area contributed by atoms with Crippen molar-refractivity contribution in [2.75, 3.05) is 19.8 Å². The maximum Gasteiger partial charge on any atom is 0.245 e. The van der Waals surface area contributed by atoms with E-state index in [9.17, 15) is 24.3 Å². The number of para-hydroxylation sites is 2. The number of benzene rings is 3. The summed E-state index contributed by atoms with van der Waals surface area (Å²) >= 11 is 0. The van der Waals surface area contributed by atoms with Crippen LogP contribution in [0.5, 0.6) is 5.75 Å². The van der Waals surface area contributed by atoms with Crippen LogP contribution in [-0.4, -0.2) is 85.3 Å². The lowest BCUT2D eigenvalue weighted by Crippen LogP contribution is -2.56. The first-order valence-electron chi connectivity index (χ1n) is 16.7. The Morgan fingerprint density at radius 1 is 0.961 bits per heavy atom. The summed E-state index contributed by atoms with van der Waals surface area (Å²) in [5.74, 6) is -0.233. The van der Waals surface area contributed by atoms with Crippen LogP contribution in [-0.2, 0) is 38.6 Å². The van der Waals surface area contributed by atoms with Gasteiger partial charge in [0.25, 0.3) is 0 Å². The molecule has 15 nitrogen and oxygen atoms in total. The van der Waals surface area contributed by atoms with E-state index in [0.29, 0.717) is 35.2 Å². The lowest BCUT2D eigenvalue weighted by Gasteiger charge is -2.23. The molecule has 6 N–H and O–H groups in total. The zero-order chi connectivity index (χ0) is 35.7. The van der Waals surface area contributed by atoms with Crippen molar-refractivity contribution in [3.05, 3.63) is 96.1 Å². The molecule has 4 heterocycles. The largest absolute Gasteiger partial charge is 0.492 e. The lowest BCUT2D eigenvalue weighted by atomic mass is 10.0. The number of fused-ring (bicyclic) bond motifs is 15. The molecule has 15 heteroatoms. The quantitative estimate of drug-likeness (QED) is 0.152. The summed E-state index contributed by atoms with van der Waals surface area (Å²) in [5.41, 5.74) is 3.08. The Balaban J connectivity index is 1.21. The predicted octanol–water partition coefficient (Wildman–Crippen LogP) is 1.34. The number of aryl methyl sites for hydroxylation is 1. The van der Waals surface area contributed by atoms with Crippen LogP contribution in [0.4, 0.5) is 0 Å². The van der Waals surface area contributed by atoms with Crippen molar-refractivity contribution in [3.63, 3.8) is 0 Å². The number of imidazole rings is 1. The van der Waals surface area contributed by atoms with Crippen molar-refractivity contribution >= 4 is 34.7 Å². The van der Waals surface area contributed by atoms with Crippen LogP contribution in [0.3, 0.4) is 0 Å². The van der Waals surface area contributed by atoms with Crippen molar-refractivity contribution in [2.24, 2.45) is 0 Å². The predicted molar refractivity (Wildman–Crippen MR) is 186 cm³/mol. The number of aliphatic hydroxyl groups is 1. The number of rotatable bonds is 6. The highest BCUT2D eigenvalue weighted by atomic mass is 16.5. The fourth-order valence-corrected chi connectivity index (χ4v) is 5.69. The molecule has 0 saturated carbocycles.